The SMILES string of the molecule is C1CCOCC1.CCC/C(C(=O)c1nc(OCC2(CN3CCCC3)CC2)c2c(n1)[nH]c(=O)n2CC)=C(/N)[C@H]1CCCCC12OCCO2. The number of nitrogens with zero attached hydrogens (tertiary/aromatic N) is 4. The largest absolute Gasteiger partial charge is 0.475 e. The third kappa shape index (κ3) is 7.60. The summed E-state index contributed by atoms with van der Waals surface area (Å²) in [5.41, 5.74) is 8.42. The molecular formula is C35H54N6O6. The number of allylic oxidation sites excluding steroid dienone is 1. The lowest BCUT2D eigenvalue weighted by Crippen LogP contribution is -2.45. The monoisotopic (exact) mass is 654 g/mol. The molecule has 3 aliphatic heterocycles. The number of nitrogens with one attached hydrogen (secondary N) is 1. The molecule has 3 saturated heterocycles. The molecule has 5 fully saturated rings. The highest BCUT2D eigenvalue weighted by atomic mass is 16.7. The second-order valence-electron chi connectivity index (χ2n) is 14.0. The highest BCUT2D eigenvalue weighted by Gasteiger charge is 2.48. The van der Waals surface area contributed by atoms with Gasteiger partial charge >= 0.3 is 5.69 Å². The maximum atomic E-state index is 14.1. The summed E-state index contributed by atoms with van der Waals surface area (Å²) in [4.78, 5) is 41.5. The number of ketones is 1. The van der Waals surface area contributed by atoms with Crippen molar-refractivity contribution < 1.29 is 23.7 Å². The van der Waals surface area contributed by atoms with E-state index in [1.54, 1.807) is 4.57 Å². The lowest BCUT2D eigenvalue weighted by atomic mass is 9.79. The molecule has 0 aromatic carbocycles. The van der Waals surface area contributed by atoms with Crippen LogP contribution in [0.5, 0.6) is 5.88 Å². The van der Waals surface area contributed by atoms with Crippen molar-refractivity contribution in [2.75, 3.05) is 52.7 Å². The number of carbonyl (C=O) groups is 1. The van der Waals surface area contributed by atoms with Crippen LogP contribution < -0.4 is 16.2 Å². The Morgan fingerprint density at radius 2 is 1.72 bits per heavy atom. The Hall–Kier alpha value is -2.80. The van der Waals surface area contributed by atoms with Gasteiger partial charge in [-0.3, -0.25) is 14.3 Å². The number of ether oxygens (including phenoxy) is 4. The zero-order valence-electron chi connectivity index (χ0n) is 28.4. The molecule has 260 valence electrons. The number of aryl methyl sites for hydroxylation is 1. The van der Waals surface area contributed by atoms with E-state index in [1.165, 1.54) is 32.1 Å². The van der Waals surface area contributed by atoms with Crippen LogP contribution in [0.4, 0.5) is 0 Å². The number of H-pyrrole nitrogens is 1. The number of hydrogen-bond acceptors (Lipinski definition) is 10. The first-order valence-electron chi connectivity index (χ1n) is 18.1. The molecule has 5 heterocycles. The number of aromatic amines is 1. The molecule has 2 saturated carbocycles. The number of Topliss-reactive ketones (excluding diaryl/α,β-unsaturated/α-hetero) is 1. The number of aromatic nitrogens is 4. The van der Waals surface area contributed by atoms with Crippen molar-refractivity contribution in [3.8, 4) is 5.88 Å². The van der Waals surface area contributed by atoms with Crippen LogP contribution >= 0.6 is 0 Å². The van der Waals surface area contributed by atoms with Crippen molar-refractivity contribution in [3.63, 3.8) is 0 Å². The molecule has 1 atom stereocenters. The van der Waals surface area contributed by atoms with Gasteiger partial charge in [0.05, 0.1) is 25.7 Å². The van der Waals surface area contributed by atoms with Crippen LogP contribution in [0.3, 0.4) is 0 Å². The summed E-state index contributed by atoms with van der Waals surface area (Å²) in [7, 11) is 0. The van der Waals surface area contributed by atoms with Crippen LogP contribution in [-0.4, -0.2) is 88.7 Å². The summed E-state index contributed by atoms with van der Waals surface area (Å²) in [6.45, 7) is 11.2. The second-order valence-corrected chi connectivity index (χ2v) is 14.0. The van der Waals surface area contributed by atoms with E-state index < -0.39 is 5.79 Å². The minimum atomic E-state index is -0.766. The van der Waals surface area contributed by atoms with Gasteiger partial charge < -0.3 is 29.6 Å². The molecule has 5 aliphatic rings. The fraction of sp³-hybridized carbons (Fsp3) is 0.771. The molecule has 2 aromatic rings. The fourth-order valence-corrected chi connectivity index (χ4v) is 7.69. The van der Waals surface area contributed by atoms with E-state index in [1.807, 2.05) is 13.8 Å². The van der Waals surface area contributed by atoms with Gasteiger partial charge in [-0.25, -0.2) is 9.78 Å². The molecule has 2 aromatic heterocycles. The molecule has 7 rings (SSSR count). The van der Waals surface area contributed by atoms with E-state index in [2.05, 4.69) is 19.9 Å². The summed E-state index contributed by atoms with van der Waals surface area (Å²) in [6.07, 6.45) is 13.4. The normalized spacial score (nSPS) is 24.2. The van der Waals surface area contributed by atoms with Gasteiger partial charge in [-0.05, 0) is 84.2 Å². The predicted molar refractivity (Wildman–Crippen MR) is 178 cm³/mol. The third-order valence-corrected chi connectivity index (χ3v) is 10.5. The van der Waals surface area contributed by atoms with Crippen LogP contribution in [0.15, 0.2) is 16.1 Å². The minimum Gasteiger partial charge on any atom is -0.475 e. The average Bonchev–Trinajstić information content (AvgIpc) is 3.40. The first-order valence-corrected chi connectivity index (χ1v) is 18.1. The highest BCUT2D eigenvalue weighted by Crippen LogP contribution is 2.47. The zero-order valence-corrected chi connectivity index (χ0v) is 28.4. The smallest absolute Gasteiger partial charge is 0.327 e. The van der Waals surface area contributed by atoms with Gasteiger partial charge in [0.2, 0.25) is 17.5 Å². The lowest BCUT2D eigenvalue weighted by molar-refractivity contribution is -0.203. The molecule has 3 N–H and O–H groups in total. The van der Waals surface area contributed by atoms with E-state index >= 15 is 0 Å². The third-order valence-electron chi connectivity index (χ3n) is 10.5. The van der Waals surface area contributed by atoms with E-state index in [0.717, 1.165) is 77.8 Å². The van der Waals surface area contributed by atoms with Crippen LogP contribution in [0.1, 0.15) is 108 Å². The van der Waals surface area contributed by atoms with Gasteiger partial charge in [0.25, 0.3) is 0 Å². The quantitative estimate of drug-likeness (QED) is 0.258. The van der Waals surface area contributed by atoms with Crippen LogP contribution in [-0.2, 0) is 20.8 Å². The van der Waals surface area contributed by atoms with E-state index in [9.17, 15) is 9.59 Å². The van der Waals surface area contributed by atoms with Gasteiger partial charge in [-0.15, -0.1) is 0 Å². The van der Waals surface area contributed by atoms with Crippen LogP contribution in [0.25, 0.3) is 11.2 Å². The maximum absolute atomic E-state index is 14.1. The fourth-order valence-electron chi connectivity index (χ4n) is 7.69. The Bertz CT molecular complexity index is 1450. The number of fused-ring (bicyclic) bond motifs is 1. The van der Waals surface area contributed by atoms with Gasteiger partial charge in [-0.2, -0.15) is 4.98 Å². The van der Waals surface area contributed by atoms with Crippen molar-refractivity contribution in [1.82, 2.24) is 24.4 Å². The number of hydrogen-bond donors (Lipinski definition) is 2. The minimum absolute atomic E-state index is 0.00842. The van der Waals surface area contributed by atoms with Crippen LogP contribution in [0.2, 0.25) is 0 Å². The first kappa shape index (κ1) is 34.1. The van der Waals surface area contributed by atoms with E-state index in [-0.39, 0.29) is 34.5 Å². The molecular weight excluding hydrogens is 600 g/mol. The lowest BCUT2D eigenvalue weighted by Gasteiger charge is -2.40. The van der Waals surface area contributed by atoms with Crippen molar-refractivity contribution in [3.05, 3.63) is 27.6 Å². The number of likely N-dealkylation sites (tertiary alicyclic amines) is 1. The molecule has 0 unspecified atom stereocenters. The summed E-state index contributed by atoms with van der Waals surface area (Å²) in [6, 6.07) is 0. The molecule has 2 aliphatic carbocycles. The van der Waals surface area contributed by atoms with Gasteiger partial charge in [0.15, 0.2) is 17.0 Å². The first-order chi connectivity index (χ1) is 22.9. The van der Waals surface area contributed by atoms with Gasteiger partial charge in [0, 0.05) is 49.4 Å². The van der Waals surface area contributed by atoms with Crippen molar-refractivity contribution in [2.45, 2.75) is 110 Å². The molecule has 0 radical (unpaired) electrons. The van der Waals surface area contributed by atoms with Gasteiger partial charge in [-0.1, -0.05) is 19.8 Å². The summed E-state index contributed by atoms with van der Waals surface area (Å²) >= 11 is 0. The number of rotatable bonds is 11. The Labute approximate surface area is 277 Å². The molecule has 1 spiro atoms. The molecule has 12 heteroatoms. The van der Waals surface area contributed by atoms with Gasteiger partial charge in [0.1, 0.15) is 0 Å². The topological polar surface area (TPSA) is 147 Å². The van der Waals surface area contributed by atoms with Crippen LogP contribution in [0, 0.1) is 11.3 Å². The second kappa shape index (κ2) is 15.2. The Morgan fingerprint density at radius 3 is 2.34 bits per heavy atom. The Kier molecular flexibility index (Phi) is 11.0. The molecule has 12 nitrogen and oxygen atoms in total. The average molecular weight is 655 g/mol. The number of nitrogens with two attached hydrogens (primary N) is 1. The zero-order chi connectivity index (χ0) is 32.9. The predicted octanol–water partition coefficient (Wildman–Crippen LogP) is 4.71. The summed E-state index contributed by atoms with van der Waals surface area (Å²) in [5.74, 6) is -1.04. The standard InChI is InChI=1S/C30H44N6O5.C5H10O/c1-3-9-20(22(31)21-10-5-6-11-30(21)40-16-17-41-30)24(37)26-32-25-23(36(4-2)28(38)34-25)27(33-26)39-19-29(12-13-29)18-35-14-7-8-15-35;1-2-4-6-5-3-1/h21H,3-19,31H2,1-2H3,(H,32,33,34,38);1-5H2/b22-20-;/t21-;/m1./s1. The van der Waals surface area contributed by atoms with E-state index in [4.69, 9.17) is 24.7 Å². The highest BCUT2D eigenvalue weighted by molar-refractivity contribution is 6.07. The van der Waals surface area contributed by atoms with Crippen molar-refractivity contribution in [2.24, 2.45) is 17.1 Å². The summed E-state index contributed by atoms with van der Waals surface area (Å²) in [5, 5.41) is 0. The number of imidazole rings is 1. The summed E-state index contributed by atoms with van der Waals surface area (Å²) < 4.78 is 25.2. The molecule has 0 bridgehead atoms. The molecule has 0 amide bonds. The number of carbonyl (C=O) groups excluding carboxylic acids is 1. The maximum Gasteiger partial charge on any atom is 0.327 e. The van der Waals surface area contributed by atoms with Crippen molar-refractivity contribution >= 4 is 16.9 Å². The Balaban J connectivity index is 0.000000580. The molecule has 47 heavy (non-hydrogen) atoms. The Morgan fingerprint density at radius 1 is 0.979 bits per heavy atom. The van der Waals surface area contributed by atoms with E-state index in [0.29, 0.717) is 55.2 Å². The van der Waals surface area contributed by atoms with Crippen molar-refractivity contribution in [1.29, 1.82) is 0 Å².